The Balaban J connectivity index is 2.73. The zero-order valence-corrected chi connectivity index (χ0v) is 6.00. The molecule has 54 valence electrons. The lowest BCUT2D eigenvalue weighted by Crippen LogP contribution is -2.12. The summed E-state index contributed by atoms with van der Waals surface area (Å²) in [6.07, 6.45) is 5.21. The summed E-state index contributed by atoms with van der Waals surface area (Å²) in [4.78, 5) is 0. The van der Waals surface area contributed by atoms with Crippen molar-refractivity contribution in [3.05, 3.63) is 36.8 Å². The number of rotatable bonds is 3. The lowest BCUT2D eigenvalue weighted by Gasteiger charge is -2.06. The van der Waals surface area contributed by atoms with E-state index in [9.17, 15) is 0 Å². The summed E-state index contributed by atoms with van der Waals surface area (Å²) in [7, 11) is 1.89. The van der Waals surface area contributed by atoms with E-state index in [-0.39, 0.29) is 6.04 Å². The van der Waals surface area contributed by atoms with Crippen molar-refractivity contribution in [1.82, 2.24) is 5.32 Å². The van der Waals surface area contributed by atoms with Crippen molar-refractivity contribution in [3.63, 3.8) is 0 Å². The van der Waals surface area contributed by atoms with Crippen LogP contribution in [0.15, 0.2) is 35.7 Å². The third-order valence-electron chi connectivity index (χ3n) is 1.45. The topological polar surface area (TPSA) is 25.2 Å². The second kappa shape index (κ2) is 3.22. The van der Waals surface area contributed by atoms with Crippen LogP contribution in [-0.2, 0) is 0 Å². The molecule has 10 heavy (non-hydrogen) atoms. The highest BCUT2D eigenvalue weighted by Crippen LogP contribution is 2.12. The molecule has 0 aliphatic rings. The smallest absolute Gasteiger partial charge is 0.0953 e. The molecule has 0 radical (unpaired) electrons. The molecule has 1 atom stereocenters. The molecule has 0 spiro atoms. The van der Waals surface area contributed by atoms with Gasteiger partial charge in [0.2, 0.25) is 0 Å². The first-order valence-electron chi connectivity index (χ1n) is 3.20. The molecular weight excluding hydrogens is 126 g/mol. The van der Waals surface area contributed by atoms with Crippen LogP contribution in [0, 0.1) is 0 Å². The molecule has 0 aromatic carbocycles. The first kappa shape index (κ1) is 7.09. The van der Waals surface area contributed by atoms with Gasteiger partial charge in [0.1, 0.15) is 0 Å². The molecule has 1 rings (SSSR count). The van der Waals surface area contributed by atoms with Crippen LogP contribution in [0.5, 0.6) is 0 Å². The zero-order valence-electron chi connectivity index (χ0n) is 6.00. The number of hydrogen-bond donors (Lipinski definition) is 1. The van der Waals surface area contributed by atoms with Crippen LogP contribution in [0.1, 0.15) is 11.6 Å². The molecule has 2 nitrogen and oxygen atoms in total. The Hall–Kier alpha value is -1.02. The molecule has 1 N–H and O–H groups in total. The SMILES string of the molecule is C=CC(NC)c1ccoc1. The van der Waals surface area contributed by atoms with E-state index in [1.165, 1.54) is 0 Å². The van der Waals surface area contributed by atoms with Crippen molar-refractivity contribution < 1.29 is 4.42 Å². The lowest BCUT2D eigenvalue weighted by atomic mass is 10.1. The standard InChI is InChI=1S/C8H11NO/c1-3-8(9-2)7-4-5-10-6-7/h3-6,8-9H,1H2,2H3. The second-order valence-corrected chi connectivity index (χ2v) is 2.06. The Morgan fingerprint density at radius 1 is 1.80 bits per heavy atom. The highest BCUT2D eigenvalue weighted by molar-refractivity contribution is 5.15. The van der Waals surface area contributed by atoms with Gasteiger partial charge in [0.05, 0.1) is 18.6 Å². The monoisotopic (exact) mass is 137 g/mol. The van der Waals surface area contributed by atoms with Crippen LogP contribution >= 0.6 is 0 Å². The first-order valence-corrected chi connectivity index (χ1v) is 3.20. The highest BCUT2D eigenvalue weighted by Gasteiger charge is 2.03. The Morgan fingerprint density at radius 3 is 3.00 bits per heavy atom. The average molecular weight is 137 g/mol. The number of furan rings is 1. The minimum atomic E-state index is 0.207. The van der Waals surface area contributed by atoms with Crippen LogP contribution in [0.4, 0.5) is 0 Å². The van der Waals surface area contributed by atoms with Crippen LogP contribution in [0.25, 0.3) is 0 Å². The molecule has 0 aliphatic carbocycles. The number of hydrogen-bond acceptors (Lipinski definition) is 2. The van der Waals surface area contributed by atoms with E-state index >= 15 is 0 Å². The maximum absolute atomic E-state index is 4.91. The van der Waals surface area contributed by atoms with Gasteiger partial charge in [0, 0.05) is 5.56 Å². The van der Waals surface area contributed by atoms with Gasteiger partial charge in [-0.1, -0.05) is 6.08 Å². The quantitative estimate of drug-likeness (QED) is 0.642. The van der Waals surface area contributed by atoms with Gasteiger partial charge in [-0.05, 0) is 13.1 Å². The minimum Gasteiger partial charge on any atom is -0.472 e. The fourth-order valence-electron chi connectivity index (χ4n) is 0.873. The number of nitrogens with one attached hydrogen (secondary N) is 1. The zero-order chi connectivity index (χ0) is 7.40. The Bertz CT molecular complexity index is 191. The molecule has 1 aromatic heterocycles. The molecule has 0 fully saturated rings. The van der Waals surface area contributed by atoms with Crippen LogP contribution in [-0.4, -0.2) is 7.05 Å². The van der Waals surface area contributed by atoms with Gasteiger partial charge in [-0.15, -0.1) is 6.58 Å². The first-order chi connectivity index (χ1) is 4.88. The molecule has 1 aromatic rings. The molecule has 0 saturated heterocycles. The molecule has 0 aliphatic heterocycles. The van der Waals surface area contributed by atoms with E-state index in [1.54, 1.807) is 12.5 Å². The van der Waals surface area contributed by atoms with Crippen LogP contribution in [0.3, 0.4) is 0 Å². The van der Waals surface area contributed by atoms with E-state index in [0.717, 1.165) is 5.56 Å². The molecular formula is C8H11NO. The molecule has 1 unspecified atom stereocenters. The normalized spacial score (nSPS) is 12.9. The summed E-state index contributed by atoms with van der Waals surface area (Å²) in [6.45, 7) is 3.68. The molecule has 0 saturated carbocycles. The van der Waals surface area contributed by atoms with Crippen molar-refractivity contribution in [2.24, 2.45) is 0 Å². The van der Waals surface area contributed by atoms with Gasteiger partial charge in [-0.2, -0.15) is 0 Å². The summed E-state index contributed by atoms with van der Waals surface area (Å²) in [5, 5.41) is 3.08. The maximum Gasteiger partial charge on any atom is 0.0953 e. The van der Waals surface area contributed by atoms with E-state index < -0.39 is 0 Å². The van der Waals surface area contributed by atoms with Gasteiger partial charge < -0.3 is 9.73 Å². The Kier molecular flexibility index (Phi) is 2.29. The van der Waals surface area contributed by atoms with Crippen molar-refractivity contribution in [2.75, 3.05) is 7.05 Å². The minimum absolute atomic E-state index is 0.207. The van der Waals surface area contributed by atoms with Gasteiger partial charge >= 0.3 is 0 Å². The summed E-state index contributed by atoms with van der Waals surface area (Å²) < 4.78 is 4.91. The fraction of sp³-hybridized carbons (Fsp3) is 0.250. The summed E-state index contributed by atoms with van der Waals surface area (Å²) in [5.74, 6) is 0. The summed E-state index contributed by atoms with van der Waals surface area (Å²) >= 11 is 0. The van der Waals surface area contributed by atoms with Crippen LogP contribution in [0.2, 0.25) is 0 Å². The Labute approximate surface area is 60.5 Å². The van der Waals surface area contributed by atoms with Crippen molar-refractivity contribution in [3.8, 4) is 0 Å². The van der Waals surface area contributed by atoms with Crippen molar-refractivity contribution in [1.29, 1.82) is 0 Å². The van der Waals surface area contributed by atoms with Gasteiger partial charge in [0.15, 0.2) is 0 Å². The molecule has 0 bridgehead atoms. The van der Waals surface area contributed by atoms with Gasteiger partial charge in [0.25, 0.3) is 0 Å². The summed E-state index contributed by atoms with van der Waals surface area (Å²) in [6, 6.07) is 2.13. The highest BCUT2D eigenvalue weighted by atomic mass is 16.3. The second-order valence-electron chi connectivity index (χ2n) is 2.06. The van der Waals surface area contributed by atoms with E-state index in [0.29, 0.717) is 0 Å². The maximum atomic E-state index is 4.91. The third kappa shape index (κ3) is 1.28. The van der Waals surface area contributed by atoms with Gasteiger partial charge in [-0.25, -0.2) is 0 Å². The van der Waals surface area contributed by atoms with E-state index in [4.69, 9.17) is 4.42 Å². The largest absolute Gasteiger partial charge is 0.472 e. The van der Waals surface area contributed by atoms with Crippen LogP contribution < -0.4 is 5.32 Å². The van der Waals surface area contributed by atoms with Crippen molar-refractivity contribution >= 4 is 0 Å². The Morgan fingerprint density at radius 2 is 2.60 bits per heavy atom. The van der Waals surface area contributed by atoms with E-state index in [2.05, 4.69) is 11.9 Å². The van der Waals surface area contributed by atoms with Gasteiger partial charge in [-0.3, -0.25) is 0 Å². The fourth-order valence-corrected chi connectivity index (χ4v) is 0.873. The predicted molar refractivity (Wildman–Crippen MR) is 40.7 cm³/mol. The third-order valence-corrected chi connectivity index (χ3v) is 1.45. The molecule has 2 heteroatoms. The molecule has 1 heterocycles. The van der Waals surface area contributed by atoms with Crippen molar-refractivity contribution in [2.45, 2.75) is 6.04 Å². The average Bonchev–Trinajstić information content (AvgIpc) is 2.43. The summed E-state index contributed by atoms with van der Waals surface area (Å²) in [5.41, 5.74) is 1.11. The lowest BCUT2D eigenvalue weighted by molar-refractivity contribution is 0.559. The predicted octanol–water partition coefficient (Wildman–Crippen LogP) is 1.73. The number of likely N-dealkylation sites (N-methyl/N-ethyl adjacent to an activating group) is 1. The van der Waals surface area contributed by atoms with E-state index in [1.807, 2.05) is 19.2 Å². The molecule has 0 amide bonds.